The van der Waals surface area contributed by atoms with Crippen LogP contribution in [0.4, 0.5) is 0 Å². The topological polar surface area (TPSA) is 75.0 Å². The molecule has 0 spiro atoms. The molecule has 0 saturated heterocycles. The maximum absolute atomic E-state index is 11.2. The van der Waals surface area contributed by atoms with Crippen LogP contribution < -0.4 is 29.6 Å². The number of nitrogens with zero attached hydrogens (tertiary/aromatic N) is 2. The van der Waals surface area contributed by atoms with E-state index in [0.29, 0.717) is 5.52 Å². The van der Waals surface area contributed by atoms with Crippen LogP contribution in [0.15, 0.2) is 23.1 Å². The van der Waals surface area contributed by atoms with Gasteiger partial charge < -0.3 is 9.12 Å². The van der Waals surface area contributed by atoms with Gasteiger partial charge in [0.2, 0.25) is 0 Å². The second-order valence-electron chi connectivity index (χ2n) is 8.89. The molecule has 7 heteroatoms. The number of imidazole rings is 1. The molecule has 176 valence electrons. The molecule has 0 atom stereocenters. The summed E-state index contributed by atoms with van der Waals surface area (Å²) in [6.45, 7) is 2.27. The summed E-state index contributed by atoms with van der Waals surface area (Å²) in [7, 11) is -2.55. The first kappa shape index (κ1) is 29.6. The Kier molecular flexibility index (Phi) is 15.1. The molecule has 0 radical (unpaired) electrons. The van der Waals surface area contributed by atoms with Gasteiger partial charge in [0.1, 0.15) is 15.9 Å². The molecule has 0 aliphatic rings. The maximum Gasteiger partial charge on any atom is 1.00 e. The van der Waals surface area contributed by atoms with Gasteiger partial charge in [-0.2, -0.15) is 0 Å². The summed E-state index contributed by atoms with van der Waals surface area (Å²) in [6.07, 6.45) is 21.0. The predicted molar refractivity (Wildman–Crippen MR) is 127 cm³/mol. The van der Waals surface area contributed by atoms with Crippen LogP contribution in [0.5, 0.6) is 0 Å². The molecule has 0 bridgehead atoms. The van der Waals surface area contributed by atoms with Crippen molar-refractivity contribution in [2.45, 2.75) is 115 Å². The number of fused-ring (bicyclic) bond motifs is 1. The van der Waals surface area contributed by atoms with Gasteiger partial charge in [0, 0.05) is 13.5 Å². The van der Waals surface area contributed by atoms with Crippen LogP contribution in [0, 0.1) is 0 Å². The van der Waals surface area contributed by atoms with Gasteiger partial charge in [-0.3, -0.25) is 0 Å². The molecular weight excluding hydrogens is 431 g/mol. The molecule has 5 nitrogen and oxygen atoms in total. The standard InChI is InChI=1S/C25H42N2O3S.Na/c1-3-4-5-6-7-8-9-10-11-12-13-14-15-16-17-18-25-26-23-20-19-22(31(28,29)30)21-24(23)27(25)2;/h19-21H,3-18H2,1-2H3,(H,28,29,30);/q;+1/p-1. The van der Waals surface area contributed by atoms with Crippen molar-refractivity contribution in [2.75, 3.05) is 0 Å². The van der Waals surface area contributed by atoms with E-state index in [2.05, 4.69) is 11.9 Å². The molecular formula is C25H41N2NaO3S. The van der Waals surface area contributed by atoms with E-state index < -0.39 is 10.1 Å². The van der Waals surface area contributed by atoms with Gasteiger partial charge in [-0.15, -0.1) is 0 Å². The average molecular weight is 473 g/mol. The Balaban J connectivity index is 0.00000512. The first-order valence-electron chi connectivity index (χ1n) is 12.3. The molecule has 2 rings (SSSR count). The molecule has 2 aromatic rings. The van der Waals surface area contributed by atoms with E-state index in [9.17, 15) is 13.0 Å². The summed E-state index contributed by atoms with van der Waals surface area (Å²) in [5.41, 5.74) is 1.44. The molecule has 0 aliphatic carbocycles. The van der Waals surface area contributed by atoms with Crippen molar-refractivity contribution in [3.63, 3.8) is 0 Å². The molecule has 0 saturated carbocycles. The first-order chi connectivity index (χ1) is 14.9. The molecule has 0 unspecified atom stereocenters. The van der Waals surface area contributed by atoms with E-state index in [4.69, 9.17) is 0 Å². The van der Waals surface area contributed by atoms with Crippen molar-refractivity contribution in [2.24, 2.45) is 7.05 Å². The summed E-state index contributed by atoms with van der Waals surface area (Å²) in [5.74, 6) is 0.949. The minimum atomic E-state index is -4.44. The van der Waals surface area contributed by atoms with Gasteiger partial charge >= 0.3 is 29.6 Å². The van der Waals surface area contributed by atoms with Crippen molar-refractivity contribution >= 4 is 21.2 Å². The fourth-order valence-electron chi connectivity index (χ4n) is 4.25. The zero-order valence-electron chi connectivity index (χ0n) is 20.6. The van der Waals surface area contributed by atoms with Crippen LogP contribution in [0.2, 0.25) is 0 Å². The largest absolute Gasteiger partial charge is 1.00 e. The number of aryl methyl sites for hydroxylation is 2. The fourth-order valence-corrected chi connectivity index (χ4v) is 4.74. The second kappa shape index (κ2) is 16.3. The molecule has 32 heavy (non-hydrogen) atoms. The Morgan fingerprint density at radius 1 is 0.812 bits per heavy atom. The molecule has 0 aliphatic heterocycles. The minimum absolute atomic E-state index is 0. The number of hydrogen-bond acceptors (Lipinski definition) is 4. The first-order valence-corrected chi connectivity index (χ1v) is 13.8. The quantitative estimate of drug-likeness (QED) is 0.199. The summed E-state index contributed by atoms with van der Waals surface area (Å²) >= 11 is 0. The van der Waals surface area contributed by atoms with E-state index in [-0.39, 0.29) is 34.5 Å². The fraction of sp³-hybridized carbons (Fsp3) is 0.720. The van der Waals surface area contributed by atoms with E-state index in [1.807, 2.05) is 11.6 Å². The van der Waals surface area contributed by atoms with Crippen LogP contribution >= 0.6 is 0 Å². The number of aromatic nitrogens is 2. The molecule has 1 heterocycles. The number of unbranched alkanes of at least 4 members (excludes halogenated alkanes) is 14. The summed E-state index contributed by atoms with van der Waals surface area (Å²) in [5, 5.41) is 0. The third-order valence-corrected chi connectivity index (χ3v) is 7.07. The summed E-state index contributed by atoms with van der Waals surface area (Å²) in [6, 6.07) is 4.39. The van der Waals surface area contributed by atoms with Crippen molar-refractivity contribution in [1.29, 1.82) is 0 Å². The van der Waals surface area contributed by atoms with E-state index in [1.165, 1.54) is 102 Å². The number of benzene rings is 1. The molecule has 0 N–H and O–H groups in total. The Morgan fingerprint density at radius 3 is 1.75 bits per heavy atom. The Bertz CT molecular complexity index is 881. The molecule has 1 aromatic heterocycles. The Morgan fingerprint density at radius 2 is 1.28 bits per heavy atom. The Labute approximate surface area is 217 Å². The molecule has 0 fully saturated rings. The SMILES string of the molecule is CCCCCCCCCCCCCCCCCc1nc2ccc(S(=O)(=O)[O-])cc2n1C.[Na+]. The second-order valence-corrected chi connectivity index (χ2v) is 10.3. The van der Waals surface area contributed by atoms with Crippen molar-refractivity contribution in [3.8, 4) is 0 Å². The molecule has 0 amide bonds. The monoisotopic (exact) mass is 472 g/mol. The molecule has 1 aromatic carbocycles. The van der Waals surface area contributed by atoms with Crippen LogP contribution in [-0.4, -0.2) is 22.5 Å². The number of hydrogen-bond donors (Lipinski definition) is 0. The Hall–Kier alpha value is -0.400. The summed E-state index contributed by atoms with van der Waals surface area (Å²) in [4.78, 5) is 4.41. The van der Waals surface area contributed by atoms with Gasteiger partial charge in [0.05, 0.1) is 15.9 Å². The van der Waals surface area contributed by atoms with Crippen molar-refractivity contribution in [3.05, 3.63) is 24.0 Å². The number of rotatable bonds is 17. The van der Waals surface area contributed by atoms with Gasteiger partial charge in [-0.1, -0.05) is 96.8 Å². The van der Waals surface area contributed by atoms with Gasteiger partial charge in [-0.25, -0.2) is 13.4 Å². The third kappa shape index (κ3) is 10.7. The van der Waals surface area contributed by atoms with Crippen molar-refractivity contribution in [1.82, 2.24) is 9.55 Å². The summed E-state index contributed by atoms with van der Waals surface area (Å²) < 4.78 is 35.6. The van der Waals surface area contributed by atoms with Crippen LogP contribution in [0.1, 0.15) is 109 Å². The maximum atomic E-state index is 11.2. The average Bonchev–Trinajstić information content (AvgIpc) is 3.05. The van der Waals surface area contributed by atoms with Gasteiger partial charge in [-0.05, 0) is 24.6 Å². The zero-order valence-corrected chi connectivity index (χ0v) is 23.4. The van der Waals surface area contributed by atoms with E-state index >= 15 is 0 Å². The van der Waals surface area contributed by atoms with E-state index in [0.717, 1.165) is 24.2 Å². The van der Waals surface area contributed by atoms with Gasteiger partial charge in [0.15, 0.2) is 0 Å². The van der Waals surface area contributed by atoms with Crippen LogP contribution in [0.25, 0.3) is 11.0 Å². The minimum Gasteiger partial charge on any atom is -0.744 e. The van der Waals surface area contributed by atoms with E-state index in [1.54, 1.807) is 6.07 Å². The van der Waals surface area contributed by atoms with Gasteiger partial charge in [0.25, 0.3) is 0 Å². The van der Waals surface area contributed by atoms with Crippen LogP contribution in [-0.2, 0) is 23.6 Å². The normalized spacial score (nSPS) is 11.7. The smallest absolute Gasteiger partial charge is 0.744 e. The van der Waals surface area contributed by atoms with Crippen LogP contribution in [0.3, 0.4) is 0 Å². The third-order valence-electron chi connectivity index (χ3n) is 6.24. The predicted octanol–water partition coefficient (Wildman–Crippen LogP) is 3.90. The zero-order chi connectivity index (χ0) is 22.5. The van der Waals surface area contributed by atoms with Crippen molar-refractivity contribution < 1.29 is 42.5 Å².